The normalized spacial score (nSPS) is 10.4. The Hall–Kier alpha value is -1.72. The van der Waals surface area contributed by atoms with Crippen LogP contribution < -0.4 is 11.1 Å². The van der Waals surface area contributed by atoms with E-state index >= 15 is 0 Å². The van der Waals surface area contributed by atoms with Crippen LogP contribution in [-0.2, 0) is 12.8 Å². The van der Waals surface area contributed by atoms with E-state index in [4.69, 9.17) is 5.73 Å². The van der Waals surface area contributed by atoms with Crippen LogP contribution in [0.15, 0.2) is 35.8 Å². The minimum Gasteiger partial charge on any atom is -0.352 e. The van der Waals surface area contributed by atoms with E-state index in [9.17, 15) is 4.79 Å². The SMILES string of the molecule is NCCc1ccccc1C(=O)NCCc1nccs1. The van der Waals surface area contributed by atoms with Crippen LogP contribution >= 0.6 is 11.3 Å². The fraction of sp³-hybridized carbons (Fsp3) is 0.286. The lowest BCUT2D eigenvalue weighted by Gasteiger charge is -2.08. The Balaban J connectivity index is 1.92. The van der Waals surface area contributed by atoms with E-state index in [1.165, 1.54) is 0 Å². The summed E-state index contributed by atoms with van der Waals surface area (Å²) in [7, 11) is 0. The predicted molar refractivity (Wildman–Crippen MR) is 77.4 cm³/mol. The Morgan fingerprint density at radius 1 is 1.32 bits per heavy atom. The first-order valence-electron chi connectivity index (χ1n) is 6.26. The lowest BCUT2D eigenvalue weighted by atomic mass is 10.0. The molecule has 2 rings (SSSR count). The third-order valence-electron chi connectivity index (χ3n) is 2.78. The molecule has 1 amide bonds. The number of thiazole rings is 1. The van der Waals surface area contributed by atoms with Crippen molar-refractivity contribution in [2.75, 3.05) is 13.1 Å². The van der Waals surface area contributed by atoms with Crippen molar-refractivity contribution in [1.82, 2.24) is 10.3 Å². The van der Waals surface area contributed by atoms with Crippen LogP contribution in [0.1, 0.15) is 20.9 Å². The van der Waals surface area contributed by atoms with Gasteiger partial charge in [0.2, 0.25) is 0 Å². The van der Waals surface area contributed by atoms with Gasteiger partial charge in [0.1, 0.15) is 0 Å². The van der Waals surface area contributed by atoms with Gasteiger partial charge in [0.05, 0.1) is 5.01 Å². The number of hydrogen-bond acceptors (Lipinski definition) is 4. The van der Waals surface area contributed by atoms with Gasteiger partial charge in [-0.3, -0.25) is 4.79 Å². The number of hydrogen-bond donors (Lipinski definition) is 2. The van der Waals surface area contributed by atoms with Crippen molar-refractivity contribution in [3.8, 4) is 0 Å². The molecule has 5 heteroatoms. The van der Waals surface area contributed by atoms with Gasteiger partial charge in [-0.15, -0.1) is 11.3 Å². The zero-order valence-corrected chi connectivity index (χ0v) is 11.5. The molecule has 0 aliphatic heterocycles. The topological polar surface area (TPSA) is 68.0 Å². The molecule has 3 N–H and O–H groups in total. The summed E-state index contributed by atoms with van der Waals surface area (Å²) >= 11 is 1.60. The number of nitrogens with two attached hydrogens (primary N) is 1. The Bertz CT molecular complexity index is 525. The Labute approximate surface area is 116 Å². The van der Waals surface area contributed by atoms with Crippen LogP contribution in [0.2, 0.25) is 0 Å². The van der Waals surface area contributed by atoms with Crippen molar-refractivity contribution in [2.45, 2.75) is 12.8 Å². The summed E-state index contributed by atoms with van der Waals surface area (Å²) < 4.78 is 0. The van der Waals surface area contributed by atoms with Gasteiger partial charge in [-0.2, -0.15) is 0 Å². The molecule has 4 nitrogen and oxygen atoms in total. The molecule has 1 aromatic heterocycles. The first-order valence-corrected chi connectivity index (χ1v) is 7.14. The van der Waals surface area contributed by atoms with Crippen LogP contribution in [0.4, 0.5) is 0 Å². The molecule has 100 valence electrons. The average Bonchev–Trinajstić information content (AvgIpc) is 2.93. The number of aromatic nitrogens is 1. The first-order chi connectivity index (χ1) is 9.31. The maximum atomic E-state index is 12.1. The monoisotopic (exact) mass is 275 g/mol. The molecule has 1 heterocycles. The number of rotatable bonds is 6. The highest BCUT2D eigenvalue weighted by atomic mass is 32.1. The van der Waals surface area contributed by atoms with Gasteiger partial charge in [-0.1, -0.05) is 18.2 Å². The summed E-state index contributed by atoms with van der Waals surface area (Å²) in [5, 5.41) is 5.90. The third kappa shape index (κ3) is 3.87. The maximum Gasteiger partial charge on any atom is 0.251 e. The molecule has 0 fully saturated rings. The zero-order chi connectivity index (χ0) is 13.5. The van der Waals surface area contributed by atoms with Crippen LogP contribution in [0.3, 0.4) is 0 Å². The molecule has 0 aliphatic carbocycles. The van der Waals surface area contributed by atoms with Crippen LogP contribution in [0.25, 0.3) is 0 Å². The van der Waals surface area contributed by atoms with E-state index in [-0.39, 0.29) is 5.91 Å². The Morgan fingerprint density at radius 3 is 2.89 bits per heavy atom. The van der Waals surface area contributed by atoms with Crippen molar-refractivity contribution in [3.63, 3.8) is 0 Å². The fourth-order valence-corrected chi connectivity index (χ4v) is 2.49. The van der Waals surface area contributed by atoms with Crippen molar-refractivity contribution in [3.05, 3.63) is 52.0 Å². The highest BCUT2D eigenvalue weighted by Gasteiger charge is 2.09. The molecule has 0 saturated carbocycles. The third-order valence-corrected chi connectivity index (χ3v) is 3.62. The van der Waals surface area contributed by atoms with E-state index in [0.29, 0.717) is 18.7 Å². The number of nitrogens with zero attached hydrogens (tertiary/aromatic N) is 1. The highest BCUT2D eigenvalue weighted by molar-refractivity contribution is 7.09. The summed E-state index contributed by atoms with van der Waals surface area (Å²) in [6.07, 6.45) is 3.26. The smallest absolute Gasteiger partial charge is 0.251 e. The van der Waals surface area contributed by atoms with Crippen LogP contribution in [0.5, 0.6) is 0 Å². The molecular formula is C14H17N3OS. The van der Waals surface area contributed by atoms with Gasteiger partial charge in [-0.25, -0.2) is 4.98 Å². The molecule has 0 unspecified atom stereocenters. The lowest BCUT2D eigenvalue weighted by Crippen LogP contribution is -2.27. The summed E-state index contributed by atoms with van der Waals surface area (Å²) in [5.41, 5.74) is 7.27. The molecule has 2 aromatic rings. The van der Waals surface area contributed by atoms with Gasteiger partial charge in [0.15, 0.2) is 0 Å². The number of nitrogens with one attached hydrogen (secondary N) is 1. The Morgan fingerprint density at radius 2 is 2.16 bits per heavy atom. The molecule has 0 saturated heterocycles. The van der Waals surface area contributed by atoms with E-state index in [1.54, 1.807) is 17.5 Å². The van der Waals surface area contributed by atoms with Gasteiger partial charge in [-0.05, 0) is 24.6 Å². The largest absolute Gasteiger partial charge is 0.352 e. The summed E-state index contributed by atoms with van der Waals surface area (Å²) in [6.45, 7) is 1.15. The van der Waals surface area contributed by atoms with Gasteiger partial charge in [0.25, 0.3) is 5.91 Å². The van der Waals surface area contributed by atoms with Crippen LogP contribution in [-0.4, -0.2) is 24.0 Å². The van der Waals surface area contributed by atoms with Crippen molar-refractivity contribution < 1.29 is 4.79 Å². The molecule has 0 atom stereocenters. The second-order valence-electron chi connectivity index (χ2n) is 4.13. The predicted octanol–water partition coefficient (Wildman–Crippen LogP) is 1.62. The second kappa shape index (κ2) is 7.01. The van der Waals surface area contributed by atoms with E-state index in [1.807, 2.05) is 29.6 Å². The van der Waals surface area contributed by atoms with Gasteiger partial charge < -0.3 is 11.1 Å². The highest BCUT2D eigenvalue weighted by Crippen LogP contribution is 2.09. The molecule has 19 heavy (non-hydrogen) atoms. The number of carbonyl (C=O) groups excluding carboxylic acids is 1. The van der Waals surface area contributed by atoms with Gasteiger partial charge in [0, 0.05) is 30.1 Å². The average molecular weight is 275 g/mol. The van der Waals surface area contributed by atoms with Crippen molar-refractivity contribution >= 4 is 17.2 Å². The van der Waals surface area contributed by atoms with Crippen molar-refractivity contribution in [2.24, 2.45) is 5.73 Å². The van der Waals surface area contributed by atoms with Crippen molar-refractivity contribution in [1.29, 1.82) is 0 Å². The quantitative estimate of drug-likeness (QED) is 0.841. The van der Waals surface area contributed by atoms with Gasteiger partial charge >= 0.3 is 0 Å². The molecule has 0 bridgehead atoms. The summed E-state index contributed by atoms with van der Waals surface area (Å²) in [5.74, 6) is -0.0411. The molecular weight excluding hydrogens is 258 g/mol. The fourth-order valence-electron chi connectivity index (χ4n) is 1.87. The minimum atomic E-state index is -0.0411. The van der Waals surface area contributed by atoms with E-state index in [0.717, 1.165) is 23.4 Å². The van der Waals surface area contributed by atoms with E-state index < -0.39 is 0 Å². The standard InChI is InChI=1S/C14H17N3OS/c15-7-5-11-3-1-2-4-12(11)14(18)17-8-6-13-16-9-10-19-13/h1-4,9-10H,5-8,15H2,(H,17,18). The zero-order valence-electron chi connectivity index (χ0n) is 10.6. The molecule has 0 radical (unpaired) electrons. The molecule has 0 spiro atoms. The van der Waals surface area contributed by atoms with Crippen LogP contribution in [0, 0.1) is 0 Å². The summed E-state index contributed by atoms with van der Waals surface area (Å²) in [4.78, 5) is 16.3. The van der Waals surface area contributed by atoms with E-state index in [2.05, 4.69) is 10.3 Å². The molecule has 1 aromatic carbocycles. The first kappa shape index (κ1) is 13.7. The number of benzene rings is 1. The maximum absolute atomic E-state index is 12.1. The summed E-state index contributed by atoms with van der Waals surface area (Å²) in [6, 6.07) is 7.58. The Kier molecular flexibility index (Phi) is 5.06. The number of amides is 1. The molecule has 0 aliphatic rings. The minimum absolute atomic E-state index is 0.0411. The lowest BCUT2D eigenvalue weighted by molar-refractivity contribution is 0.0953. The number of carbonyl (C=O) groups is 1. The second-order valence-corrected chi connectivity index (χ2v) is 5.11.